The standard InChI is InChI=1S/C30H34N4S/c1-9-33-21-15-17(29(3,4)5)11-13-19(21)23-25-26(32-35-31-25)24-20-14-12-18(30(6,7)8)16-22(20)34(10-2)28(24)27(23)33/h11-16H,9-10H2,1-8H3. The molecule has 0 aliphatic carbocycles. The highest BCUT2D eigenvalue weighted by molar-refractivity contribution is 7.00. The monoisotopic (exact) mass is 482 g/mol. The van der Waals surface area contributed by atoms with E-state index in [0.29, 0.717) is 0 Å². The Hall–Kier alpha value is -2.92. The maximum absolute atomic E-state index is 4.87. The van der Waals surface area contributed by atoms with Crippen molar-refractivity contribution >= 4 is 66.4 Å². The summed E-state index contributed by atoms with van der Waals surface area (Å²) >= 11 is 1.33. The molecule has 4 nitrogen and oxygen atoms in total. The van der Waals surface area contributed by atoms with E-state index in [1.54, 1.807) is 0 Å². The van der Waals surface area contributed by atoms with Crippen LogP contribution in [0.2, 0.25) is 0 Å². The first-order chi connectivity index (χ1) is 16.6. The van der Waals surface area contributed by atoms with Crippen LogP contribution in [0.15, 0.2) is 36.4 Å². The molecule has 0 aliphatic heterocycles. The first kappa shape index (κ1) is 22.5. The van der Waals surface area contributed by atoms with Gasteiger partial charge in [0.05, 0.1) is 22.8 Å². The number of hydrogen-bond donors (Lipinski definition) is 0. The van der Waals surface area contributed by atoms with Crippen molar-refractivity contribution in [1.82, 2.24) is 17.9 Å². The normalized spacial score (nSPS) is 13.4. The third kappa shape index (κ3) is 3.03. The van der Waals surface area contributed by atoms with Gasteiger partial charge in [0.1, 0.15) is 11.0 Å². The predicted molar refractivity (Wildman–Crippen MR) is 152 cm³/mol. The smallest absolute Gasteiger partial charge is 0.115 e. The van der Waals surface area contributed by atoms with E-state index in [2.05, 4.69) is 101 Å². The number of aromatic nitrogens is 4. The third-order valence-corrected chi connectivity index (χ3v) is 8.21. The molecule has 0 saturated carbocycles. The van der Waals surface area contributed by atoms with Crippen LogP contribution in [0.25, 0.3) is 54.6 Å². The average Bonchev–Trinajstić information content (AvgIpc) is 3.48. The second-order valence-corrected chi connectivity index (χ2v) is 12.4. The van der Waals surface area contributed by atoms with E-state index >= 15 is 0 Å². The molecule has 0 spiro atoms. The average molecular weight is 483 g/mol. The second kappa shape index (κ2) is 7.30. The summed E-state index contributed by atoms with van der Waals surface area (Å²) in [5.41, 5.74) is 10.1. The van der Waals surface area contributed by atoms with E-state index in [4.69, 9.17) is 8.75 Å². The fourth-order valence-corrected chi connectivity index (χ4v) is 6.34. The molecule has 6 rings (SSSR count). The van der Waals surface area contributed by atoms with E-state index in [0.717, 1.165) is 24.1 Å². The van der Waals surface area contributed by atoms with Gasteiger partial charge in [0.2, 0.25) is 0 Å². The Kier molecular flexibility index (Phi) is 4.70. The van der Waals surface area contributed by atoms with Crippen LogP contribution in [-0.4, -0.2) is 17.9 Å². The molecular weight excluding hydrogens is 448 g/mol. The molecule has 0 N–H and O–H groups in total. The summed E-state index contributed by atoms with van der Waals surface area (Å²) < 4.78 is 14.8. The van der Waals surface area contributed by atoms with Crippen LogP contribution in [-0.2, 0) is 23.9 Å². The molecule has 0 unspecified atom stereocenters. The molecule has 0 atom stereocenters. The van der Waals surface area contributed by atoms with Crippen molar-refractivity contribution in [3.05, 3.63) is 47.5 Å². The summed E-state index contributed by atoms with van der Waals surface area (Å²) in [6, 6.07) is 14.0. The summed E-state index contributed by atoms with van der Waals surface area (Å²) in [5.74, 6) is 0. The van der Waals surface area contributed by atoms with Gasteiger partial charge in [-0.25, -0.2) is 0 Å². The Morgan fingerprint density at radius 1 is 0.657 bits per heavy atom. The van der Waals surface area contributed by atoms with Gasteiger partial charge in [0.25, 0.3) is 0 Å². The molecule has 3 aromatic carbocycles. The van der Waals surface area contributed by atoms with E-state index in [1.807, 2.05) is 0 Å². The predicted octanol–water partition coefficient (Wildman–Crippen LogP) is 8.54. The third-order valence-electron chi connectivity index (χ3n) is 7.68. The van der Waals surface area contributed by atoms with Crippen LogP contribution in [0.3, 0.4) is 0 Å². The summed E-state index contributed by atoms with van der Waals surface area (Å²) in [6.07, 6.45) is 0. The van der Waals surface area contributed by atoms with Gasteiger partial charge >= 0.3 is 0 Å². The lowest BCUT2D eigenvalue weighted by Gasteiger charge is -2.19. The molecule has 35 heavy (non-hydrogen) atoms. The van der Waals surface area contributed by atoms with Crippen LogP contribution in [0.4, 0.5) is 0 Å². The quantitative estimate of drug-likeness (QED) is 0.248. The Balaban J connectivity index is 1.91. The van der Waals surface area contributed by atoms with Crippen LogP contribution in [0.1, 0.15) is 66.5 Å². The van der Waals surface area contributed by atoms with Gasteiger partial charge in [-0.3, -0.25) is 0 Å². The van der Waals surface area contributed by atoms with Crippen molar-refractivity contribution in [1.29, 1.82) is 0 Å². The lowest BCUT2D eigenvalue weighted by Crippen LogP contribution is -2.11. The van der Waals surface area contributed by atoms with Gasteiger partial charge in [0.15, 0.2) is 0 Å². The van der Waals surface area contributed by atoms with Crippen molar-refractivity contribution in [2.24, 2.45) is 0 Å². The molecule has 3 heterocycles. The fraction of sp³-hybridized carbons (Fsp3) is 0.400. The Bertz CT molecular complexity index is 1650. The van der Waals surface area contributed by atoms with E-state index in [1.165, 1.54) is 66.5 Å². The summed E-state index contributed by atoms with van der Waals surface area (Å²) in [7, 11) is 0. The first-order valence-electron chi connectivity index (χ1n) is 12.7. The minimum absolute atomic E-state index is 0.0950. The van der Waals surface area contributed by atoms with Gasteiger partial charge < -0.3 is 9.13 Å². The zero-order valence-corrected chi connectivity index (χ0v) is 22.9. The summed E-state index contributed by atoms with van der Waals surface area (Å²) in [6.45, 7) is 20.1. The second-order valence-electron chi connectivity index (χ2n) is 11.9. The molecule has 6 aromatic rings. The highest BCUT2D eigenvalue weighted by Gasteiger charge is 2.26. The van der Waals surface area contributed by atoms with Gasteiger partial charge in [0, 0.05) is 45.7 Å². The lowest BCUT2D eigenvalue weighted by molar-refractivity contribution is 0.590. The molecular formula is C30H34N4S. The maximum atomic E-state index is 4.87. The molecule has 0 fully saturated rings. The Labute approximate surface area is 210 Å². The van der Waals surface area contributed by atoms with Crippen LogP contribution >= 0.6 is 11.7 Å². The number of benzene rings is 3. The molecule has 0 saturated heterocycles. The van der Waals surface area contributed by atoms with E-state index in [-0.39, 0.29) is 10.8 Å². The van der Waals surface area contributed by atoms with Crippen molar-refractivity contribution in [2.75, 3.05) is 0 Å². The molecule has 180 valence electrons. The zero-order valence-electron chi connectivity index (χ0n) is 22.1. The minimum Gasteiger partial charge on any atom is -0.339 e. The number of rotatable bonds is 2. The van der Waals surface area contributed by atoms with Crippen molar-refractivity contribution < 1.29 is 0 Å². The number of aryl methyl sites for hydroxylation is 2. The topological polar surface area (TPSA) is 35.6 Å². The van der Waals surface area contributed by atoms with Crippen LogP contribution < -0.4 is 0 Å². The van der Waals surface area contributed by atoms with Gasteiger partial charge in [-0.05, 0) is 47.9 Å². The van der Waals surface area contributed by atoms with Gasteiger partial charge in [-0.2, -0.15) is 8.75 Å². The molecule has 3 aromatic heterocycles. The highest BCUT2D eigenvalue weighted by atomic mass is 32.1. The highest BCUT2D eigenvalue weighted by Crippen LogP contribution is 2.45. The summed E-state index contributed by atoms with van der Waals surface area (Å²) in [4.78, 5) is 0. The number of nitrogens with zero attached hydrogens (tertiary/aromatic N) is 4. The number of fused-ring (bicyclic) bond motifs is 10. The van der Waals surface area contributed by atoms with E-state index in [9.17, 15) is 0 Å². The Morgan fingerprint density at radius 2 is 1.06 bits per heavy atom. The molecule has 0 radical (unpaired) electrons. The first-order valence-corrected chi connectivity index (χ1v) is 13.5. The van der Waals surface area contributed by atoms with Gasteiger partial charge in [-0.15, -0.1) is 0 Å². The van der Waals surface area contributed by atoms with Crippen molar-refractivity contribution in [3.8, 4) is 0 Å². The lowest BCUT2D eigenvalue weighted by atomic mass is 9.86. The Morgan fingerprint density at radius 3 is 1.40 bits per heavy atom. The summed E-state index contributed by atoms with van der Waals surface area (Å²) in [5, 5.41) is 5.04. The number of hydrogen-bond acceptors (Lipinski definition) is 3. The van der Waals surface area contributed by atoms with Crippen molar-refractivity contribution in [2.45, 2.75) is 79.3 Å². The minimum atomic E-state index is 0.0950. The molecule has 0 aliphatic rings. The van der Waals surface area contributed by atoms with Crippen LogP contribution in [0.5, 0.6) is 0 Å². The molecule has 5 heteroatoms. The zero-order chi connectivity index (χ0) is 24.9. The van der Waals surface area contributed by atoms with Gasteiger partial charge in [-0.1, -0.05) is 65.8 Å². The van der Waals surface area contributed by atoms with Crippen LogP contribution in [0, 0.1) is 0 Å². The van der Waals surface area contributed by atoms with Crippen molar-refractivity contribution in [3.63, 3.8) is 0 Å². The van der Waals surface area contributed by atoms with E-state index < -0.39 is 0 Å². The molecule has 0 amide bonds. The SMILES string of the molecule is CCn1c2cc(C(C)(C)C)ccc2c2c3nsnc3c3c4ccc(C(C)(C)C)cc4n(CC)c3c21. The fourth-order valence-electron chi connectivity index (χ4n) is 5.78. The largest absolute Gasteiger partial charge is 0.339 e. The molecule has 0 bridgehead atoms. The maximum Gasteiger partial charge on any atom is 0.115 e.